The van der Waals surface area contributed by atoms with Crippen molar-refractivity contribution in [2.45, 2.75) is 6.92 Å². The summed E-state index contributed by atoms with van der Waals surface area (Å²) in [5.74, 6) is -0.585. The van der Waals surface area contributed by atoms with E-state index in [4.69, 9.17) is 0 Å². The number of ether oxygens (including phenoxy) is 1. The molecule has 0 atom stereocenters. The van der Waals surface area contributed by atoms with Gasteiger partial charge in [-0.05, 0) is 6.92 Å². The van der Waals surface area contributed by atoms with Crippen LogP contribution in [0.5, 0.6) is 0 Å². The molecule has 0 radical (unpaired) electrons. The van der Waals surface area contributed by atoms with E-state index in [-0.39, 0.29) is 12.3 Å². The maximum atomic E-state index is 10.6. The normalized spacial score (nSPS) is 10.7. The van der Waals surface area contributed by atoms with Gasteiger partial charge in [-0.3, -0.25) is 4.79 Å². The molecule has 0 saturated heterocycles. The Kier molecular flexibility index (Phi) is 5.64. The van der Waals surface area contributed by atoms with Crippen LogP contribution in [0.15, 0.2) is 11.8 Å². The highest BCUT2D eigenvalue weighted by Gasteiger charge is 2.01. The van der Waals surface area contributed by atoms with Crippen molar-refractivity contribution in [1.82, 2.24) is 5.48 Å². The minimum Gasteiger partial charge on any atom is -0.373 e. The van der Waals surface area contributed by atoms with Crippen LogP contribution >= 0.6 is 0 Å². The van der Waals surface area contributed by atoms with Crippen molar-refractivity contribution in [3.8, 4) is 0 Å². The number of hydrogen-bond acceptors (Lipinski definition) is 5. The van der Waals surface area contributed by atoms with Crippen molar-refractivity contribution >= 4 is 12.3 Å². The smallest absolute Gasteiger partial charge is 0.357 e. The monoisotopic (exact) mass is 173 g/mol. The molecular weight excluding hydrogens is 162 g/mol. The number of aldehydes is 1. The number of allylic oxidation sites excluding steroid dienone is 2. The van der Waals surface area contributed by atoms with E-state index < -0.39 is 5.97 Å². The topological polar surface area (TPSA) is 64.6 Å². The SMILES string of the molecule is CC=C(C=O)NOC(=O)COC. The van der Waals surface area contributed by atoms with Gasteiger partial charge >= 0.3 is 5.97 Å². The molecular formula is C7H11NO4. The standard InChI is InChI=1S/C7H11NO4/c1-3-6(4-9)8-12-7(10)5-11-2/h3-4,8H,5H2,1-2H3. The highest BCUT2D eigenvalue weighted by molar-refractivity contribution is 5.74. The van der Waals surface area contributed by atoms with Gasteiger partial charge in [0.2, 0.25) is 0 Å². The molecule has 0 aromatic carbocycles. The Morgan fingerprint density at radius 1 is 1.58 bits per heavy atom. The summed E-state index contributed by atoms with van der Waals surface area (Å²) in [6, 6.07) is 0. The van der Waals surface area contributed by atoms with Gasteiger partial charge in [0.15, 0.2) is 6.29 Å². The van der Waals surface area contributed by atoms with Crippen molar-refractivity contribution in [2.75, 3.05) is 13.7 Å². The predicted molar refractivity (Wildman–Crippen MR) is 40.9 cm³/mol. The van der Waals surface area contributed by atoms with Gasteiger partial charge in [0.1, 0.15) is 12.3 Å². The molecule has 5 heteroatoms. The summed E-state index contributed by atoms with van der Waals surface area (Å²) in [4.78, 5) is 25.2. The average Bonchev–Trinajstić information content (AvgIpc) is 2.07. The van der Waals surface area contributed by atoms with Gasteiger partial charge in [0.25, 0.3) is 0 Å². The molecule has 0 unspecified atom stereocenters. The summed E-state index contributed by atoms with van der Waals surface area (Å²) in [6.07, 6.45) is 2.02. The quantitative estimate of drug-likeness (QED) is 0.354. The van der Waals surface area contributed by atoms with Gasteiger partial charge in [-0.25, -0.2) is 10.3 Å². The minimum absolute atomic E-state index is 0.150. The molecule has 5 nitrogen and oxygen atoms in total. The number of methoxy groups -OCH3 is 1. The van der Waals surface area contributed by atoms with E-state index in [2.05, 4.69) is 15.1 Å². The van der Waals surface area contributed by atoms with Crippen LogP contribution in [0.1, 0.15) is 6.92 Å². The molecule has 0 rings (SSSR count). The first-order valence-electron chi connectivity index (χ1n) is 3.30. The summed E-state index contributed by atoms with van der Waals surface area (Å²) in [5, 5.41) is 0. The van der Waals surface area contributed by atoms with Gasteiger partial charge in [0, 0.05) is 7.11 Å². The van der Waals surface area contributed by atoms with Crippen molar-refractivity contribution in [3.63, 3.8) is 0 Å². The number of rotatable bonds is 5. The number of hydrogen-bond donors (Lipinski definition) is 1. The van der Waals surface area contributed by atoms with Gasteiger partial charge in [-0.1, -0.05) is 6.08 Å². The first-order chi connectivity index (χ1) is 5.74. The van der Waals surface area contributed by atoms with Crippen molar-refractivity contribution in [2.24, 2.45) is 0 Å². The van der Waals surface area contributed by atoms with E-state index in [1.807, 2.05) is 0 Å². The van der Waals surface area contributed by atoms with Crippen LogP contribution in [0.4, 0.5) is 0 Å². The average molecular weight is 173 g/mol. The Morgan fingerprint density at radius 3 is 2.67 bits per heavy atom. The van der Waals surface area contributed by atoms with E-state index in [1.165, 1.54) is 13.2 Å². The molecule has 0 aliphatic rings. The Morgan fingerprint density at radius 2 is 2.25 bits per heavy atom. The van der Waals surface area contributed by atoms with Crippen molar-refractivity contribution < 1.29 is 19.2 Å². The Bertz CT molecular complexity index is 188. The summed E-state index contributed by atoms with van der Waals surface area (Å²) >= 11 is 0. The molecule has 12 heavy (non-hydrogen) atoms. The van der Waals surface area contributed by atoms with E-state index in [1.54, 1.807) is 6.92 Å². The molecule has 0 aliphatic carbocycles. The molecule has 0 bridgehead atoms. The molecule has 0 fully saturated rings. The number of hydroxylamine groups is 1. The third kappa shape index (κ3) is 4.45. The second-order valence-electron chi connectivity index (χ2n) is 1.87. The molecule has 0 aromatic rings. The Hall–Kier alpha value is -1.36. The molecule has 68 valence electrons. The van der Waals surface area contributed by atoms with E-state index >= 15 is 0 Å². The van der Waals surface area contributed by atoms with E-state index in [9.17, 15) is 9.59 Å². The van der Waals surface area contributed by atoms with E-state index in [0.717, 1.165) is 0 Å². The molecule has 1 N–H and O–H groups in total. The number of carbonyl (C=O) groups is 2. The molecule has 0 aliphatic heterocycles. The highest BCUT2D eigenvalue weighted by Crippen LogP contribution is 1.83. The molecule has 0 spiro atoms. The third-order valence-corrected chi connectivity index (χ3v) is 0.983. The Balaban J connectivity index is 3.67. The van der Waals surface area contributed by atoms with Gasteiger partial charge < -0.3 is 9.57 Å². The Labute approximate surface area is 70.3 Å². The zero-order chi connectivity index (χ0) is 9.40. The zero-order valence-electron chi connectivity index (χ0n) is 6.99. The van der Waals surface area contributed by atoms with Crippen LogP contribution in [0, 0.1) is 0 Å². The predicted octanol–water partition coefficient (Wildman–Crippen LogP) is -0.217. The molecule has 0 saturated carbocycles. The summed E-state index contributed by atoms with van der Waals surface area (Å²) in [6.45, 7) is 1.49. The fourth-order valence-corrected chi connectivity index (χ4v) is 0.414. The van der Waals surface area contributed by atoms with Gasteiger partial charge in [-0.15, -0.1) is 0 Å². The molecule has 0 heterocycles. The van der Waals surface area contributed by atoms with Crippen LogP contribution in [-0.4, -0.2) is 26.0 Å². The number of nitrogens with one attached hydrogen (secondary N) is 1. The summed E-state index contributed by atoms with van der Waals surface area (Å²) in [7, 11) is 1.37. The largest absolute Gasteiger partial charge is 0.373 e. The zero-order valence-corrected chi connectivity index (χ0v) is 6.99. The lowest BCUT2D eigenvalue weighted by atomic mass is 10.5. The summed E-state index contributed by atoms with van der Waals surface area (Å²) in [5.41, 5.74) is 2.36. The highest BCUT2D eigenvalue weighted by atomic mass is 16.7. The third-order valence-electron chi connectivity index (χ3n) is 0.983. The lowest BCUT2D eigenvalue weighted by Crippen LogP contribution is -2.22. The maximum Gasteiger partial charge on any atom is 0.357 e. The maximum absolute atomic E-state index is 10.6. The van der Waals surface area contributed by atoms with Gasteiger partial charge in [-0.2, -0.15) is 0 Å². The van der Waals surface area contributed by atoms with Crippen LogP contribution < -0.4 is 5.48 Å². The fourth-order valence-electron chi connectivity index (χ4n) is 0.414. The number of carbonyl (C=O) groups excluding carboxylic acids is 2. The fraction of sp³-hybridized carbons (Fsp3) is 0.429. The molecule has 0 amide bonds. The summed E-state index contributed by atoms with van der Waals surface area (Å²) < 4.78 is 4.48. The van der Waals surface area contributed by atoms with Gasteiger partial charge in [0.05, 0.1) is 0 Å². The first kappa shape index (κ1) is 10.6. The minimum atomic E-state index is -0.585. The van der Waals surface area contributed by atoms with E-state index in [0.29, 0.717) is 6.29 Å². The lowest BCUT2D eigenvalue weighted by molar-refractivity contribution is -0.153. The van der Waals surface area contributed by atoms with Crippen LogP contribution in [-0.2, 0) is 19.2 Å². The second kappa shape index (κ2) is 6.36. The van der Waals surface area contributed by atoms with Crippen LogP contribution in [0.2, 0.25) is 0 Å². The lowest BCUT2D eigenvalue weighted by Gasteiger charge is -2.03. The van der Waals surface area contributed by atoms with Crippen molar-refractivity contribution in [1.29, 1.82) is 0 Å². The first-order valence-corrected chi connectivity index (χ1v) is 3.30. The van der Waals surface area contributed by atoms with Crippen LogP contribution in [0.25, 0.3) is 0 Å². The molecule has 0 aromatic heterocycles. The second-order valence-corrected chi connectivity index (χ2v) is 1.87. The van der Waals surface area contributed by atoms with Crippen molar-refractivity contribution in [3.05, 3.63) is 11.8 Å². The van der Waals surface area contributed by atoms with Crippen LogP contribution in [0.3, 0.4) is 0 Å².